The minimum absolute atomic E-state index is 0.0402. The maximum atomic E-state index is 12.6. The van der Waals surface area contributed by atoms with Crippen LogP contribution in [0.2, 0.25) is 0 Å². The molecule has 5 heteroatoms. The Bertz CT molecular complexity index is 565. The number of carbonyl (C=O) groups excluding carboxylic acids is 2. The van der Waals surface area contributed by atoms with Gasteiger partial charge in [-0.1, -0.05) is 13.8 Å². The predicted molar refractivity (Wildman–Crippen MR) is 94.8 cm³/mol. The molecule has 2 heterocycles. The smallest absolute Gasteiger partial charge is 0.236 e. The van der Waals surface area contributed by atoms with E-state index in [2.05, 4.69) is 23.7 Å². The maximum Gasteiger partial charge on any atom is 0.236 e. The number of hydrogen-bond acceptors (Lipinski definition) is 4. The van der Waals surface area contributed by atoms with E-state index in [9.17, 15) is 9.59 Å². The van der Waals surface area contributed by atoms with Crippen LogP contribution in [0.5, 0.6) is 0 Å². The summed E-state index contributed by atoms with van der Waals surface area (Å²) < 4.78 is 0. The van der Waals surface area contributed by atoms with Gasteiger partial charge in [-0.25, -0.2) is 0 Å². The Hall–Kier alpha value is -1.75. The Morgan fingerprint density at radius 1 is 1.25 bits per heavy atom. The van der Waals surface area contributed by atoms with Crippen LogP contribution < -0.4 is 0 Å². The van der Waals surface area contributed by atoms with E-state index in [1.54, 1.807) is 19.2 Å². The van der Waals surface area contributed by atoms with Crippen molar-refractivity contribution >= 4 is 11.7 Å². The lowest BCUT2D eigenvalue weighted by atomic mass is 10.1. The number of ketones is 1. The molecule has 0 bridgehead atoms. The van der Waals surface area contributed by atoms with Gasteiger partial charge in [-0.2, -0.15) is 0 Å². The van der Waals surface area contributed by atoms with Crippen molar-refractivity contribution in [2.45, 2.75) is 46.6 Å². The molecule has 1 amide bonds. The van der Waals surface area contributed by atoms with Gasteiger partial charge in [-0.15, -0.1) is 0 Å². The van der Waals surface area contributed by atoms with E-state index in [1.165, 1.54) is 6.42 Å². The van der Waals surface area contributed by atoms with Gasteiger partial charge >= 0.3 is 0 Å². The Kier molecular flexibility index (Phi) is 6.91. The van der Waals surface area contributed by atoms with Crippen LogP contribution in [0, 0.1) is 5.92 Å². The van der Waals surface area contributed by atoms with Crippen molar-refractivity contribution in [2.24, 2.45) is 5.92 Å². The van der Waals surface area contributed by atoms with Crippen molar-refractivity contribution in [2.75, 3.05) is 26.2 Å². The third-order valence-electron chi connectivity index (χ3n) is 4.30. The quantitative estimate of drug-likeness (QED) is 0.721. The fourth-order valence-corrected chi connectivity index (χ4v) is 3.15. The summed E-state index contributed by atoms with van der Waals surface area (Å²) in [6.45, 7) is 9.48. The average Bonchev–Trinajstić information content (AvgIpc) is 2.55. The molecule has 0 N–H and O–H groups in total. The molecule has 0 unspecified atom stereocenters. The standard InChI is InChI=1S/C19H29N3O2/c1-15(2)12-21(14-19(24)22-9-5-4-6-10-22)13-18-11-17(16(3)23)7-8-20-18/h7-8,11,15H,4-6,9-10,12-14H2,1-3H3. The number of Topliss-reactive ketones (excluding diaryl/α,β-unsaturated/α-hetero) is 1. The van der Waals surface area contributed by atoms with Crippen molar-refractivity contribution in [3.8, 4) is 0 Å². The topological polar surface area (TPSA) is 53.5 Å². The van der Waals surface area contributed by atoms with Crippen LogP contribution in [0.15, 0.2) is 18.3 Å². The number of carbonyl (C=O) groups is 2. The molecule has 0 spiro atoms. The van der Waals surface area contributed by atoms with Crippen molar-refractivity contribution in [3.63, 3.8) is 0 Å². The number of pyridine rings is 1. The summed E-state index contributed by atoms with van der Waals surface area (Å²) >= 11 is 0. The van der Waals surface area contributed by atoms with Crippen molar-refractivity contribution in [1.29, 1.82) is 0 Å². The number of piperidine rings is 1. The van der Waals surface area contributed by atoms with Gasteiger partial charge in [0, 0.05) is 37.9 Å². The first-order chi connectivity index (χ1) is 11.5. The highest BCUT2D eigenvalue weighted by Gasteiger charge is 2.20. The second-order valence-corrected chi connectivity index (χ2v) is 7.10. The summed E-state index contributed by atoms with van der Waals surface area (Å²) in [5, 5.41) is 0. The summed E-state index contributed by atoms with van der Waals surface area (Å²) in [6.07, 6.45) is 5.11. The zero-order valence-electron chi connectivity index (χ0n) is 15.1. The molecular weight excluding hydrogens is 302 g/mol. The van der Waals surface area contributed by atoms with Crippen LogP contribution in [0.25, 0.3) is 0 Å². The summed E-state index contributed by atoms with van der Waals surface area (Å²) in [5.41, 5.74) is 1.52. The number of rotatable bonds is 7. The number of hydrogen-bond donors (Lipinski definition) is 0. The van der Waals surface area contributed by atoms with Crippen LogP contribution >= 0.6 is 0 Å². The second-order valence-electron chi connectivity index (χ2n) is 7.10. The first-order valence-corrected chi connectivity index (χ1v) is 8.91. The lowest BCUT2D eigenvalue weighted by Crippen LogP contribution is -2.43. The van der Waals surface area contributed by atoms with Gasteiger partial charge in [-0.3, -0.25) is 19.5 Å². The molecule has 24 heavy (non-hydrogen) atoms. The van der Waals surface area contributed by atoms with E-state index in [0.717, 1.165) is 38.2 Å². The van der Waals surface area contributed by atoms with Crippen LogP contribution in [0.1, 0.15) is 56.1 Å². The molecule has 1 fully saturated rings. The number of aromatic nitrogens is 1. The van der Waals surface area contributed by atoms with Crippen LogP contribution in [-0.4, -0.2) is 52.7 Å². The zero-order chi connectivity index (χ0) is 17.5. The molecule has 0 aliphatic carbocycles. The molecule has 0 atom stereocenters. The fourth-order valence-electron chi connectivity index (χ4n) is 3.15. The molecule has 1 aliphatic heterocycles. The molecule has 0 aromatic carbocycles. The van der Waals surface area contributed by atoms with Crippen LogP contribution in [0.3, 0.4) is 0 Å². The van der Waals surface area contributed by atoms with Crippen molar-refractivity contribution < 1.29 is 9.59 Å². The highest BCUT2D eigenvalue weighted by atomic mass is 16.2. The lowest BCUT2D eigenvalue weighted by molar-refractivity contribution is -0.133. The van der Waals surface area contributed by atoms with E-state index in [4.69, 9.17) is 0 Å². The third kappa shape index (κ3) is 5.71. The second kappa shape index (κ2) is 8.92. The highest BCUT2D eigenvalue weighted by molar-refractivity contribution is 5.93. The first kappa shape index (κ1) is 18.6. The lowest BCUT2D eigenvalue weighted by Gasteiger charge is -2.30. The van der Waals surface area contributed by atoms with Gasteiger partial charge < -0.3 is 4.90 Å². The van der Waals surface area contributed by atoms with Gasteiger partial charge in [0.2, 0.25) is 5.91 Å². The third-order valence-corrected chi connectivity index (χ3v) is 4.30. The van der Waals surface area contributed by atoms with Gasteiger partial charge in [0.25, 0.3) is 0 Å². The van der Waals surface area contributed by atoms with E-state index in [-0.39, 0.29) is 11.7 Å². The summed E-state index contributed by atoms with van der Waals surface area (Å²) in [4.78, 5) is 32.6. The van der Waals surface area contributed by atoms with Gasteiger partial charge in [0.05, 0.1) is 12.2 Å². The maximum absolute atomic E-state index is 12.6. The Labute approximate surface area is 145 Å². The highest BCUT2D eigenvalue weighted by Crippen LogP contribution is 2.12. The molecule has 1 saturated heterocycles. The molecule has 5 nitrogen and oxygen atoms in total. The minimum atomic E-state index is 0.0402. The molecule has 1 aromatic rings. The zero-order valence-corrected chi connectivity index (χ0v) is 15.1. The Morgan fingerprint density at radius 3 is 2.58 bits per heavy atom. The predicted octanol–water partition coefficient (Wildman–Crippen LogP) is 2.75. The fraction of sp³-hybridized carbons (Fsp3) is 0.632. The van der Waals surface area contributed by atoms with Crippen molar-refractivity contribution in [3.05, 3.63) is 29.6 Å². The first-order valence-electron chi connectivity index (χ1n) is 8.91. The van der Waals surface area contributed by atoms with E-state index in [1.807, 2.05) is 11.0 Å². The molecular formula is C19H29N3O2. The molecule has 0 saturated carbocycles. The number of amides is 1. The minimum Gasteiger partial charge on any atom is -0.342 e. The van der Waals surface area contributed by atoms with Crippen LogP contribution in [0.4, 0.5) is 0 Å². The molecule has 2 rings (SSSR count). The number of nitrogens with zero attached hydrogens (tertiary/aromatic N) is 3. The molecule has 1 aliphatic rings. The molecule has 0 radical (unpaired) electrons. The average molecular weight is 331 g/mol. The van der Waals surface area contributed by atoms with E-state index >= 15 is 0 Å². The Morgan fingerprint density at radius 2 is 1.96 bits per heavy atom. The van der Waals surface area contributed by atoms with Crippen LogP contribution in [-0.2, 0) is 11.3 Å². The van der Waals surface area contributed by atoms with E-state index < -0.39 is 0 Å². The molecule has 1 aromatic heterocycles. The summed E-state index contributed by atoms with van der Waals surface area (Å²) in [6, 6.07) is 3.57. The monoisotopic (exact) mass is 331 g/mol. The largest absolute Gasteiger partial charge is 0.342 e. The normalized spacial score (nSPS) is 15.1. The van der Waals surface area contributed by atoms with Crippen molar-refractivity contribution in [1.82, 2.24) is 14.8 Å². The summed E-state index contributed by atoms with van der Waals surface area (Å²) in [5.74, 6) is 0.715. The SMILES string of the molecule is CC(=O)c1ccnc(CN(CC(=O)N2CCCCC2)CC(C)C)c1. The molecule has 132 valence electrons. The van der Waals surface area contributed by atoms with Gasteiger partial charge in [0.1, 0.15) is 0 Å². The summed E-state index contributed by atoms with van der Waals surface area (Å²) in [7, 11) is 0. The van der Waals surface area contributed by atoms with E-state index in [0.29, 0.717) is 24.6 Å². The van der Waals surface area contributed by atoms with Gasteiger partial charge in [0.15, 0.2) is 5.78 Å². The Balaban J connectivity index is 2.03. The van der Waals surface area contributed by atoms with Gasteiger partial charge in [-0.05, 0) is 44.2 Å². The number of likely N-dealkylation sites (tertiary alicyclic amines) is 1.